The van der Waals surface area contributed by atoms with E-state index < -0.39 is 8.07 Å². The van der Waals surface area contributed by atoms with Crippen LogP contribution in [0.3, 0.4) is 0 Å². The molecule has 1 aliphatic carbocycles. The van der Waals surface area contributed by atoms with Crippen molar-refractivity contribution in [2.24, 2.45) is 0 Å². The average Bonchev–Trinajstić information content (AvgIpc) is 3.74. The topological polar surface area (TPSA) is 4.93 Å². The van der Waals surface area contributed by atoms with E-state index in [1.165, 1.54) is 64.0 Å². The third-order valence-corrected chi connectivity index (χ3v) is 16.8. The quantitative estimate of drug-likeness (QED) is 0.176. The molecule has 0 saturated carbocycles. The molecule has 0 N–H and O–H groups in total. The molecule has 2 aliphatic rings. The Morgan fingerprint density at radius 3 is 2.24 bits per heavy atom. The van der Waals surface area contributed by atoms with Crippen molar-refractivity contribution < 1.29 is 0 Å². The van der Waals surface area contributed by atoms with E-state index in [-0.39, 0.29) is 0 Å². The van der Waals surface area contributed by atoms with E-state index in [1.54, 1.807) is 10.4 Å². The number of fused-ring (bicyclic) bond motifs is 9. The van der Waals surface area contributed by atoms with Gasteiger partial charge in [-0.2, -0.15) is 15.6 Å². The minimum atomic E-state index is -2.43. The van der Waals surface area contributed by atoms with E-state index in [2.05, 4.69) is 162 Å². The summed E-state index contributed by atoms with van der Waals surface area (Å²) in [4.78, 5) is 0. The number of thiophene rings is 1. The van der Waals surface area contributed by atoms with Gasteiger partial charge in [-0.3, -0.25) is 0 Å². The Bertz CT molecular complexity index is 2530. The fourth-order valence-electron chi connectivity index (χ4n) is 8.47. The van der Waals surface area contributed by atoms with Gasteiger partial charge in [0.2, 0.25) is 0 Å². The molecule has 45 heavy (non-hydrogen) atoms. The SMILES string of the molecule is C1=CCC([Si-]2(c3ccccc3)c3ccccc3-c3cc4c(cc32)c2ccccc2n4-c2cccc3c2sc2ccccc23)C=C1. The molecule has 6 aromatic carbocycles. The fraction of sp³-hybridized carbons (Fsp3) is 0.0476. The predicted octanol–water partition coefficient (Wildman–Crippen LogP) is 9.49. The van der Waals surface area contributed by atoms with Crippen LogP contribution in [0.2, 0.25) is 5.54 Å². The van der Waals surface area contributed by atoms with Gasteiger partial charge in [0.25, 0.3) is 0 Å². The minimum Gasteiger partial charge on any atom is -0.308 e. The maximum Gasteiger partial charge on any atom is 0.0640 e. The van der Waals surface area contributed by atoms with Crippen molar-refractivity contribution in [2.45, 2.75) is 12.0 Å². The van der Waals surface area contributed by atoms with Crippen molar-refractivity contribution in [3.8, 4) is 16.8 Å². The molecule has 2 atom stereocenters. The van der Waals surface area contributed by atoms with Crippen LogP contribution in [0, 0.1) is 0 Å². The third kappa shape index (κ3) is 3.37. The average molecular weight is 608 g/mol. The van der Waals surface area contributed by atoms with Crippen LogP contribution in [-0.4, -0.2) is 12.6 Å². The lowest BCUT2D eigenvalue weighted by Crippen LogP contribution is -2.67. The number of hydrogen-bond acceptors (Lipinski definition) is 1. The maximum atomic E-state index is 2.61. The Balaban J connectivity index is 1.35. The van der Waals surface area contributed by atoms with Crippen molar-refractivity contribution in [3.63, 3.8) is 0 Å². The molecule has 3 heterocycles. The van der Waals surface area contributed by atoms with Crippen LogP contribution in [0.4, 0.5) is 0 Å². The van der Waals surface area contributed by atoms with E-state index in [0.717, 1.165) is 6.42 Å². The molecule has 1 aliphatic heterocycles. The number of aromatic nitrogens is 1. The van der Waals surface area contributed by atoms with E-state index in [4.69, 9.17) is 0 Å². The normalized spacial score (nSPS) is 18.7. The highest BCUT2D eigenvalue weighted by Gasteiger charge is 2.40. The Kier molecular flexibility index (Phi) is 5.37. The molecule has 0 spiro atoms. The first-order valence-electron chi connectivity index (χ1n) is 15.8. The standard InChI is InChI=1S/C42H29NSSi/c1-3-14-28(15-4-1)45(29-16-5-2-6-17-29)40-25-12-9-20-32(40)35-26-38-34(27-41(35)45)30-18-7-10-22-36(30)43(38)37-23-13-21-33-31-19-8-11-24-39(31)44-42(33)37/h1-16,18-27,29H,17H2/q-1. The van der Waals surface area contributed by atoms with E-state index >= 15 is 0 Å². The zero-order chi connectivity index (χ0) is 29.5. The summed E-state index contributed by atoms with van der Waals surface area (Å²) in [7, 11) is -2.43. The highest BCUT2D eigenvalue weighted by atomic mass is 32.1. The van der Waals surface area contributed by atoms with Crippen LogP contribution in [0.25, 0.3) is 58.8 Å². The van der Waals surface area contributed by atoms with E-state index in [1.807, 2.05) is 11.3 Å². The highest BCUT2D eigenvalue weighted by molar-refractivity contribution is 7.26. The molecule has 0 amide bonds. The summed E-state index contributed by atoms with van der Waals surface area (Å²) in [6, 6.07) is 50.6. The largest absolute Gasteiger partial charge is 0.308 e. The lowest BCUT2D eigenvalue weighted by atomic mass is 10.0. The van der Waals surface area contributed by atoms with Crippen LogP contribution >= 0.6 is 11.3 Å². The first-order chi connectivity index (χ1) is 22.3. The number of rotatable bonds is 3. The summed E-state index contributed by atoms with van der Waals surface area (Å²) >= 11 is 1.91. The Morgan fingerprint density at radius 1 is 0.578 bits per heavy atom. The number of hydrogen-bond donors (Lipinski definition) is 0. The molecule has 0 saturated heterocycles. The third-order valence-electron chi connectivity index (χ3n) is 10.3. The van der Waals surface area contributed by atoms with Gasteiger partial charge >= 0.3 is 0 Å². The van der Waals surface area contributed by atoms with Crippen molar-refractivity contribution in [1.82, 2.24) is 4.57 Å². The van der Waals surface area contributed by atoms with Gasteiger partial charge < -0.3 is 4.57 Å². The zero-order valence-electron chi connectivity index (χ0n) is 24.7. The molecule has 2 unspecified atom stereocenters. The summed E-state index contributed by atoms with van der Waals surface area (Å²) < 4.78 is 5.22. The van der Waals surface area contributed by atoms with Gasteiger partial charge in [0.05, 0.1) is 21.4 Å². The summed E-state index contributed by atoms with van der Waals surface area (Å²) in [6.07, 6.45) is 10.4. The molecule has 0 radical (unpaired) electrons. The molecule has 213 valence electrons. The molecule has 3 heteroatoms. The summed E-state index contributed by atoms with van der Waals surface area (Å²) in [5, 5.41) is 9.93. The molecule has 0 bridgehead atoms. The monoisotopic (exact) mass is 607 g/mol. The molecule has 8 aromatic rings. The fourth-order valence-corrected chi connectivity index (χ4v) is 15.4. The first kappa shape index (κ1) is 25.4. The molecule has 2 aromatic heterocycles. The summed E-state index contributed by atoms with van der Waals surface area (Å²) in [5.74, 6) is 0. The number of allylic oxidation sites excluding steroid dienone is 4. The molecule has 10 rings (SSSR count). The second kappa shape index (κ2) is 9.52. The van der Waals surface area contributed by atoms with Gasteiger partial charge in [0, 0.05) is 26.2 Å². The van der Waals surface area contributed by atoms with Crippen molar-refractivity contribution in [3.05, 3.63) is 158 Å². The predicted molar refractivity (Wildman–Crippen MR) is 197 cm³/mol. The van der Waals surface area contributed by atoms with Crippen LogP contribution in [0.1, 0.15) is 6.42 Å². The lowest BCUT2D eigenvalue weighted by molar-refractivity contribution is 0.999. The molecule has 0 fully saturated rings. The van der Waals surface area contributed by atoms with Gasteiger partial charge in [-0.15, -0.1) is 23.0 Å². The van der Waals surface area contributed by atoms with Gasteiger partial charge in [0.15, 0.2) is 0 Å². The minimum absolute atomic E-state index is 0.449. The Labute approximate surface area is 267 Å². The molecule has 1 nitrogen and oxygen atoms in total. The number of para-hydroxylation sites is 1. The van der Waals surface area contributed by atoms with E-state index in [9.17, 15) is 0 Å². The van der Waals surface area contributed by atoms with Crippen LogP contribution < -0.4 is 15.6 Å². The second-order valence-corrected chi connectivity index (χ2v) is 17.5. The van der Waals surface area contributed by atoms with Crippen molar-refractivity contribution >= 4 is 76.9 Å². The number of nitrogens with zero attached hydrogens (tertiary/aromatic N) is 1. The van der Waals surface area contributed by atoms with E-state index in [0.29, 0.717) is 5.54 Å². The van der Waals surface area contributed by atoms with Gasteiger partial charge in [-0.25, -0.2) is 0 Å². The zero-order valence-corrected chi connectivity index (χ0v) is 26.5. The molecular weight excluding hydrogens is 579 g/mol. The lowest BCUT2D eigenvalue weighted by Gasteiger charge is -2.49. The maximum absolute atomic E-state index is 2.61. The van der Waals surface area contributed by atoms with Crippen LogP contribution in [0.5, 0.6) is 0 Å². The Hall–Kier alpha value is -4.96. The number of benzene rings is 6. The smallest absolute Gasteiger partial charge is 0.0640 e. The van der Waals surface area contributed by atoms with Crippen LogP contribution in [0.15, 0.2) is 158 Å². The van der Waals surface area contributed by atoms with Gasteiger partial charge in [0.1, 0.15) is 0 Å². The van der Waals surface area contributed by atoms with Gasteiger partial charge in [-0.05, 0) is 37.9 Å². The van der Waals surface area contributed by atoms with Crippen molar-refractivity contribution in [2.75, 3.05) is 0 Å². The van der Waals surface area contributed by atoms with Gasteiger partial charge in [-0.1, -0.05) is 139 Å². The first-order valence-corrected chi connectivity index (χ1v) is 18.7. The second-order valence-electron chi connectivity index (χ2n) is 12.4. The molecular formula is C42H29NSSi-. The Morgan fingerprint density at radius 2 is 1.36 bits per heavy atom. The van der Waals surface area contributed by atoms with Crippen LogP contribution in [-0.2, 0) is 0 Å². The summed E-state index contributed by atoms with van der Waals surface area (Å²) in [5.41, 5.74) is 7.07. The van der Waals surface area contributed by atoms with Crippen molar-refractivity contribution in [1.29, 1.82) is 0 Å². The highest BCUT2D eigenvalue weighted by Crippen LogP contribution is 2.44. The summed E-state index contributed by atoms with van der Waals surface area (Å²) in [6.45, 7) is 0.